The average molecular weight is 1900 g/mol. The molecule has 0 saturated carbocycles. The second-order valence-corrected chi connectivity index (χ2v) is 31.3. The van der Waals surface area contributed by atoms with Crippen molar-refractivity contribution in [3.63, 3.8) is 0 Å². The van der Waals surface area contributed by atoms with Crippen molar-refractivity contribution in [2.24, 2.45) is 0 Å². The van der Waals surface area contributed by atoms with Crippen LogP contribution in [0.2, 0.25) is 0 Å². The Morgan fingerprint density at radius 3 is 0.674 bits per heavy atom. The Bertz CT molecular complexity index is 2520. The molecule has 7 amide bonds. The quantitative estimate of drug-likeness (QED) is 0.0284. The molecule has 0 fully saturated rings. The molecule has 1 atom stereocenters. The first kappa shape index (κ1) is 125. The predicted octanol–water partition coefficient (Wildman–Crippen LogP) is 8.00. The molecule has 132 heavy (non-hydrogen) atoms. The van der Waals surface area contributed by atoms with Crippen LogP contribution in [0.15, 0.2) is 12.2 Å². The predicted molar refractivity (Wildman–Crippen MR) is 499 cm³/mol. The summed E-state index contributed by atoms with van der Waals surface area (Å²) in [5.74, 6) is -2.01. The smallest absolute Gasteiger partial charge is 0.253 e. The highest BCUT2D eigenvalue weighted by molar-refractivity contribution is 6.13. The van der Waals surface area contributed by atoms with Crippen molar-refractivity contribution in [2.45, 2.75) is 213 Å². The lowest BCUT2D eigenvalue weighted by atomic mass is 10.0. The third-order valence-corrected chi connectivity index (χ3v) is 20.0. The molecule has 0 aromatic carbocycles. The van der Waals surface area contributed by atoms with Crippen LogP contribution in [0.4, 0.5) is 0 Å². The van der Waals surface area contributed by atoms with E-state index in [1.807, 2.05) is 0 Å². The minimum Gasteiger partial charge on any atom is -0.379 e. The Morgan fingerprint density at radius 1 is 0.220 bits per heavy atom. The molecule has 0 radical (unpaired) electrons. The van der Waals surface area contributed by atoms with E-state index in [0.717, 1.165) is 43.4 Å². The molecule has 776 valence electrons. The standard InChI is InChI=1S/C95H180N6O31/c1-3-5-7-9-11-13-15-17-19-21-23-25-27-29-89(102)99-87-88(100-92(105)30-28-26-24-22-20-18-16-14-12-10-8-6-4-2)95(108)98-36-35-96-91(104)34-39-109-41-43-111-45-47-113-49-51-115-53-55-117-57-59-119-61-63-121-65-67-123-69-71-125-73-75-127-77-79-129-81-83-131-85-86-132-84-82-130-80-78-128-76-74-126-72-70-124-68-66-122-64-62-120-60-58-118-56-54-116-52-50-114-48-46-112-44-42-110-40-37-97-90(103)33-38-101-93(106)31-32-94(101)107/h31-32,88H,3-30,33-87H2,1-2H3,(H,96,104)(H,97,103)(H,98,108)(H,99,102)(H,100,105)/t88-/m0/s1. The van der Waals surface area contributed by atoms with Crippen LogP contribution in [0.3, 0.4) is 0 Å². The van der Waals surface area contributed by atoms with E-state index in [2.05, 4.69) is 40.4 Å². The average Bonchev–Trinajstić information content (AvgIpc) is 1.65. The van der Waals surface area contributed by atoms with Crippen LogP contribution in [-0.4, -0.2) is 402 Å². The van der Waals surface area contributed by atoms with Gasteiger partial charge in [0.1, 0.15) is 6.04 Å². The van der Waals surface area contributed by atoms with Gasteiger partial charge in [0.25, 0.3) is 11.8 Å². The zero-order chi connectivity index (χ0) is 94.8. The number of nitrogens with zero attached hydrogens (tertiary/aromatic N) is 1. The molecule has 0 unspecified atom stereocenters. The number of carbonyl (C=O) groups excluding carboxylic acids is 7. The van der Waals surface area contributed by atoms with Crippen LogP contribution in [-0.2, 0) is 147 Å². The molecule has 1 heterocycles. The number of ether oxygens (including phenoxy) is 24. The fraction of sp³-hybridized carbons (Fsp3) is 0.905. The summed E-state index contributed by atoms with van der Waals surface area (Å²) in [4.78, 5) is 87.7. The van der Waals surface area contributed by atoms with Gasteiger partial charge < -0.3 is 140 Å². The van der Waals surface area contributed by atoms with Crippen molar-refractivity contribution in [3.8, 4) is 0 Å². The Hall–Kier alpha value is -4.73. The normalized spacial score (nSPS) is 12.3. The van der Waals surface area contributed by atoms with Gasteiger partial charge in [0.05, 0.1) is 317 Å². The van der Waals surface area contributed by atoms with Gasteiger partial charge in [-0.1, -0.05) is 168 Å². The van der Waals surface area contributed by atoms with Gasteiger partial charge in [-0.25, -0.2) is 0 Å². The number of carbonyl (C=O) groups is 7. The van der Waals surface area contributed by atoms with Gasteiger partial charge in [0.2, 0.25) is 29.5 Å². The summed E-state index contributed by atoms with van der Waals surface area (Å²) in [5, 5.41) is 14.1. The van der Waals surface area contributed by atoms with Crippen LogP contribution in [0.25, 0.3) is 0 Å². The van der Waals surface area contributed by atoms with E-state index in [-0.39, 0.29) is 69.3 Å². The van der Waals surface area contributed by atoms with Crippen molar-refractivity contribution in [2.75, 3.05) is 350 Å². The highest BCUT2D eigenvalue weighted by Crippen LogP contribution is 2.16. The van der Waals surface area contributed by atoms with Crippen molar-refractivity contribution in [3.05, 3.63) is 12.2 Å². The highest BCUT2D eigenvalue weighted by atomic mass is 16.6. The Kier molecular flexibility index (Phi) is 101. The molecule has 37 heteroatoms. The molecule has 37 nitrogen and oxygen atoms in total. The summed E-state index contributed by atoms with van der Waals surface area (Å²) in [6, 6.07) is -0.918. The van der Waals surface area contributed by atoms with Gasteiger partial charge in [-0.05, 0) is 12.8 Å². The number of hydrogen-bond acceptors (Lipinski definition) is 31. The monoisotopic (exact) mass is 1900 g/mol. The molecule has 0 bridgehead atoms. The summed E-state index contributed by atoms with van der Waals surface area (Å²) >= 11 is 0. The van der Waals surface area contributed by atoms with Crippen molar-refractivity contribution < 1.29 is 147 Å². The molecule has 0 aliphatic carbocycles. The molecule has 0 aromatic heterocycles. The minimum absolute atomic E-state index is 0.00527. The topological polar surface area (TPSA) is 404 Å². The Morgan fingerprint density at radius 2 is 0.417 bits per heavy atom. The Balaban J connectivity index is 1.78. The molecule has 1 aliphatic rings. The molecule has 0 aromatic rings. The van der Waals surface area contributed by atoms with E-state index >= 15 is 0 Å². The number of imide groups is 1. The van der Waals surface area contributed by atoms with Gasteiger partial charge in [-0.3, -0.25) is 38.5 Å². The van der Waals surface area contributed by atoms with Crippen LogP contribution < -0.4 is 26.6 Å². The molecule has 0 saturated heterocycles. The zero-order valence-corrected chi connectivity index (χ0v) is 81.5. The van der Waals surface area contributed by atoms with Crippen LogP contribution in [0.5, 0.6) is 0 Å². The summed E-state index contributed by atoms with van der Waals surface area (Å²) in [6.07, 6.45) is 35.0. The first-order valence-corrected chi connectivity index (χ1v) is 49.9. The van der Waals surface area contributed by atoms with E-state index in [0.29, 0.717) is 330 Å². The van der Waals surface area contributed by atoms with Crippen molar-refractivity contribution in [1.82, 2.24) is 31.5 Å². The summed E-state index contributed by atoms with van der Waals surface area (Å²) in [6.45, 7) is 26.3. The van der Waals surface area contributed by atoms with Gasteiger partial charge in [0.15, 0.2) is 0 Å². The highest BCUT2D eigenvalue weighted by Gasteiger charge is 2.24. The van der Waals surface area contributed by atoms with Gasteiger partial charge in [-0.2, -0.15) is 0 Å². The van der Waals surface area contributed by atoms with Gasteiger partial charge in [0, 0.05) is 70.6 Å². The van der Waals surface area contributed by atoms with E-state index in [1.165, 1.54) is 141 Å². The first-order chi connectivity index (χ1) is 65.2. The molecule has 5 N–H and O–H groups in total. The fourth-order valence-corrected chi connectivity index (χ4v) is 12.5. The molecule has 1 rings (SSSR count). The van der Waals surface area contributed by atoms with Gasteiger partial charge >= 0.3 is 0 Å². The second kappa shape index (κ2) is 107. The summed E-state index contributed by atoms with van der Waals surface area (Å²) in [5.41, 5.74) is 0. The number of rotatable bonds is 113. The molecule has 1 aliphatic heterocycles. The lowest BCUT2D eigenvalue weighted by Gasteiger charge is -2.19. The number of hydrogen-bond donors (Lipinski definition) is 5. The SMILES string of the molecule is CCCCCCCCCCCCCCCC(=O)NC[C@H](NC(=O)CCCCCCCCCCCCCCC)C(=O)NCCNC(=O)CCOCCOCCOCCOCCOCCOCCOCCOCCOCCOCCOCCOCCOCCOCCOCCOCCOCCOCCOCCOCCOCCOCCOCCOCCNC(=O)CCN1C(=O)C=CC1=O. The van der Waals surface area contributed by atoms with E-state index in [9.17, 15) is 33.6 Å². The fourth-order valence-electron chi connectivity index (χ4n) is 12.5. The maximum atomic E-state index is 13.3. The number of nitrogens with one attached hydrogen (secondary N) is 5. The molecular weight excluding hydrogens is 1720 g/mol. The van der Waals surface area contributed by atoms with Crippen molar-refractivity contribution >= 4 is 41.4 Å². The van der Waals surface area contributed by atoms with E-state index in [4.69, 9.17) is 114 Å². The van der Waals surface area contributed by atoms with Crippen LogP contribution >= 0.6 is 0 Å². The molecular formula is C95H180N6O31. The van der Waals surface area contributed by atoms with E-state index in [1.54, 1.807) is 0 Å². The lowest BCUT2D eigenvalue weighted by molar-refractivity contribution is -0.137. The zero-order valence-electron chi connectivity index (χ0n) is 81.5. The number of amides is 7. The lowest BCUT2D eigenvalue weighted by Crippen LogP contribution is -2.53. The van der Waals surface area contributed by atoms with Gasteiger partial charge in [-0.15, -0.1) is 0 Å². The maximum Gasteiger partial charge on any atom is 0.253 e. The van der Waals surface area contributed by atoms with Crippen molar-refractivity contribution in [1.29, 1.82) is 0 Å². The first-order valence-electron chi connectivity index (χ1n) is 49.9. The third-order valence-electron chi connectivity index (χ3n) is 20.0. The third kappa shape index (κ3) is 96.9. The minimum atomic E-state index is -0.918. The number of unbranched alkanes of at least 4 members (excludes halogenated alkanes) is 24. The largest absolute Gasteiger partial charge is 0.379 e. The Labute approximate surface area is 791 Å². The van der Waals surface area contributed by atoms with Crippen LogP contribution in [0, 0.1) is 0 Å². The summed E-state index contributed by atoms with van der Waals surface area (Å²) < 4.78 is 133. The molecule has 0 spiro atoms. The second-order valence-electron chi connectivity index (χ2n) is 31.3. The summed E-state index contributed by atoms with van der Waals surface area (Å²) in [7, 11) is 0. The van der Waals surface area contributed by atoms with Crippen LogP contribution in [0.1, 0.15) is 206 Å². The maximum absolute atomic E-state index is 13.3. The van der Waals surface area contributed by atoms with E-state index < -0.39 is 23.8 Å².